The number of nitrogens with one attached hydrogen (secondary N) is 2. The lowest BCUT2D eigenvalue weighted by atomic mass is 10.3. The van der Waals surface area contributed by atoms with Crippen LogP contribution in [0.2, 0.25) is 0 Å². The first-order chi connectivity index (χ1) is 8.71. The molecule has 6 heteroatoms. The van der Waals surface area contributed by atoms with E-state index in [1.165, 1.54) is 0 Å². The highest BCUT2D eigenvalue weighted by molar-refractivity contribution is 5.80. The van der Waals surface area contributed by atoms with Gasteiger partial charge in [-0.25, -0.2) is 0 Å². The van der Waals surface area contributed by atoms with E-state index in [1.54, 1.807) is 0 Å². The van der Waals surface area contributed by atoms with Crippen LogP contribution >= 0.6 is 0 Å². The van der Waals surface area contributed by atoms with E-state index in [4.69, 9.17) is 5.11 Å². The standard InChI is InChI=1S/C12H24N4O2/c1-3-11(18)16-7-5-10(9-16)15-12(13-4-2)14-6-8-17/h10,17H,3-9H2,1-2H3,(H2,13,14,15). The number of amides is 1. The van der Waals surface area contributed by atoms with Gasteiger partial charge in [-0.3, -0.25) is 9.79 Å². The topological polar surface area (TPSA) is 77.0 Å². The van der Waals surface area contributed by atoms with Crippen LogP contribution in [0.1, 0.15) is 26.7 Å². The zero-order valence-electron chi connectivity index (χ0n) is 11.3. The van der Waals surface area contributed by atoms with Crippen LogP contribution in [0.5, 0.6) is 0 Å². The minimum atomic E-state index is 0.0433. The molecule has 0 aliphatic carbocycles. The highest BCUT2D eigenvalue weighted by Gasteiger charge is 2.25. The third-order valence-electron chi connectivity index (χ3n) is 2.90. The van der Waals surface area contributed by atoms with E-state index in [9.17, 15) is 4.79 Å². The number of aliphatic hydroxyl groups is 1. The zero-order valence-corrected chi connectivity index (χ0v) is 11.3. The molecule has 1 unspecified atom stereocenters. The SMILES string of the molecule is CCNC(=NCCO)NC1CCN(C(=O)CC)C1. The van der Waals surface area contributed by atoms with Crippen molar-refractivity contribution in [2.24, 2.45) is 4.99 Å². The normalized spacial score (nSPS) is 20.1. The second kappa shape index (κ2) is 7.92. The van der Waals surface area contributed by atoms with Gasteiger partial charge < -0.3 is 20.6 Å². The van der Waals surface area contributed by atoms with Crippen molar-refractivity contribution in [3.63, 3.8) is 0 Å². The van der Waals surface area contributed by atoms with Gasteiger partial charge in [-0.1, -0.05) is 6.92 Å². The molecule has 18 heavy (non-hydrogen) atoms. The number of likely N-dealkylation sites (tertiary alicyclic amines) is 1. The number of aliphatic imine (C=N–C) groups is 1. The number of hydrogen-bond donors (Lipinski definition) is 3. The summed E-state index contributed by atoms with van der Waals surface area (Å²) >= 11 is 0. The Morgan fingerprint density at radius 1 is 1.50 bits per heavy atom. The highest BCUT2D eigenvalue weighted by atomic mass is 16.3. The molecule has 1 heterocycles. The molecular formula is C12H24N4O2. The van der Waals surface area contributed by atoms with Gasteiger partial charge in [-0.05, 0) is 13.3 Å². The minimum Gasteiger partial charge on any atom is -0.394 e. The fraction of sp³-hybridized carbons (Fsp3) is 0.833. The maximum absolute atomic E-state index is 11.6. The summed E-state index contributed by atoms with van der Waals surface area (Å²) in [5.41, 5.74) is 0. The van der Waals surface area contributed by atoms with Crippen molar-refractivity contribution in [2.45, 2.75) is 32.7 Å². The van der Waals surface area contributed by atoms with Gasteiger partial charge in [0.25, 0.3) is 0 Å². The molecule has 3 N–H and O–H groups in total. The predicted octanol–water partition coefficient (Wildman–Crippen LogP) is -0.455. The Morgan fingerprint density at radius 3 is 2.89 bits per heavy atom. The third kappa shape index (κ3) is 4.52. The molecule has 1 rings (SSSR count). The second-order valence-corrected chi connectivity index (χ2v) is 4.31. The molecule has 1 fully saturated rings. The number of nitrogens with zero attached hydrogens (tertiary/aromatic N) is 2. The summed E-state index contributed by atoms with van der Waals surface area (Å²) in [4.78, 5) is 17.7. The minimum absolute atomic E-state index is 0.0433. The van der Waals surface area contributed by atoms with Gasteiger partial charge in [0.1, 0.15) is 0 Å². The van der Waals surface area contributed by atoms with Crippen LogP contribution in [0.4, 0.5) is 0 Å². The van der Waals surface area contributed by atoms with E-state index in [1.807, 2.05) is 18.7 Å². The van der Waals surface area contributed by atoms with E-state index in [-0.39, 0.29) is 18.6 Å². The largest absolute Gasteiger partial charge is 0.394 e. The Kier molecular flexibility index (Phi) is 6.49. The molecular weight excluding hydrogens is 232 g/mol. The molecule has 0 aromatic carbocycles. The third-order valence-corrected chi connectivity index (χ3v) is 2.90. The quantitative estimate of drug-likeness (QED) is 0.460. The second-order valence-electron chi connectivity index (χ2n) is 4.31. The molecule has 0 aromatic rings. The number of rotatable bonds is 5. The molecule has 1 saturated heterocycles. The van der Waals surface area contributed by atoms with Crippen molar-refractivity contribution in [3.8, 4) is 0 Å². The lowest BCUT2D eigenvalue weighted by Crippen LogP contribution is -2.45. The Bertz CT molecular complexity index is 294. The summed E-state index contributed by atoms with van der Waals surface area (Å²) in [5, 5.41) is 15.2. The van der Waals surface area contributed by atoms with Crippen LogP contribution < -0.4 is 10.6 Å². The average molecular weight is 256 g/mol. The average Bonchev–Trinajstić information content (AvgIpc) is 2.83. The molecule has 1 amide bonds. The summed E-state index contributed by atoms with van der Waals surface area (Å²) in [6, 6.07) is 0.247. The van der Waals surface area contributed by atoms with Crippen molar-refractivity contribution >= 4 is 11.9 Å². The van der Waals surface area contributed by atoms with E-state index in [0.29, 0.717) is 18.9 Å². The van der Waals surface area contributed by atoms with Crippen molar-refractivity contribution in [3.05, 3.63) is 0 Å². The molecule has 0 bridgehead atoms. The first-order valence-electron chi connectivity index (χ1n) is 6.64. The van der Waals surface area contributed by atoms with E-state index in [0.717, 1.165) is 26.1 Å². The van der Waals surface area contributed by atoms with Gasteiger partial charge in [0, 0.05) is 32.1 Å². The van der Waals surface area contributed by atoms with Crippen molar-refractivity contribution in [1.29, 1.82) is 0 Å². The van der Waals surface area contributed by atoms with Gasteiger partial charge in [-0.2, -0.15) is 0 Å². The summed E-state index contributed by atoms with van der Waals surface area (Å²) in [5.74, 6) is 0.916. The van der Waals surface area contributed by atoms with Crippen molar-refractivity contribution in [2.75, 3.05) is 32.8 Å². The number of carbonyl (C=O) groups excluding carboxylic acids is 1. The van der Waals surface area contributed by atoms with Crippen LogP contribution in [-0.4, -0.2) is 60.7 Å². The Balaban J connectivity index is 2.44. The molecule has 6 nitrogen and oxygen atoms in total. The van der Waals surface area contributed by atoms with Crippen LogP contribution in [0.15, 0.2) is 4.99 Å². The van der Waals surface area contributed by atoms with Gasteiger partial charge in [0.2, 0.25) is 5.91 Å². The summed E-state index contributed by atoms with van der Waals surface area (Å²) in [7, 11) is 0. The number of hydrogen-bond acceptors (Lipinski definition) is 3. The monoisotopic (exact) mass is 256 g/mol. The Hall–Kier alpha value is -1.30. The molecule has 0 saturated carbocycles. The summed E-state index contributed by atoms with van der Waals surface area (Å²) in [6.45, 7) is 6.64. The Labute approximate surface area is 108 Å². The summed E-state index contributed by atoms with van der Waals surface area (Å²) < 4.78 is 0. The van der Waals surface area contributed by atoms with Gasteiger partial charge >= 0.3 is 0 Å². The van der Waals surface area contributed by atoms with Crippen LogP contribution in [0.3, 0.4) is 0 Å². The first-order valence-corrected chi connectivity index (χ1v) is 6.64. The lowest BCUT2D eigenvalue weighted by molar-refractivity contribution is -0.129. The van der Waals surface area contributed by atoms with Crippen LogP contribution in [0.25, 0.3) is 0 Å². The molecule has 1 aliphatic heterocycles. The van der Waals surface area contributed by atoms with E-state index < -0.39 is 0 Å². The maximum atomic E-state index is 11.6. The van der Waals surface area contributed by atoms with Gasteiger partial charge in [-0.15, -0.1) is 0 Å². The number of guanidine groups is 1. The predicted molar refractivity (Wildman–Crippen MR) is 71.5 cm³/mol. The van der Waals surface area contributed by atoms with Crippen LogP contribution in [0, 0.1) is 0 Å². The first kappa shape index (κ1) is 14.8. The highest BCUT2D eigenvalue weighted by Crippen LogP contribution is 2.10. The number of aliphatic hydroxyl groups excluding tert-OH is 1. The molecule has 0 spiro atoms. The smallest absolute Gasteiger partial charge is 0.222 e. The van der Waals surface area contributed by atoms with Crippen LogP contribution in [-0.2, 0) is 4.79 Å². The number of carbonyl (C=O) groups is 1. The van der Waals surface area contributed by atoms with Gasteiger partial charge in [0.05, 0.1) is 13.2 Å². The Morgan fingerprint density at radius 2 is 2.28 bits per heavy atom. The zero-order chi connectivity index (χ0) is 13.4. The maximum Gasteiger partial charge on any atom is 0.222 e. The summed E-state index contributed by atoms with van der Waals surface area (Å²) in [6.07, 6.45) is 1.50. The molecule has 1 aliphatic rings. The fourth-order valence-electron chi connectivity index (χ4n) is 2.00. The lowest BCUT2D eigenvalue weighted by Gasteiger charge is -2.18. The van der Waals surface area contributed by atoms with Crippen molar-refractivity contribution in [1.82, 2.24) is 15.5 Å². The fourth-order valence-corrected chi connectivity index (χ4v) is 2.00. The van der Waals surface area contributed by atoms with Crippen molar-refractivity contribution < 1.29 is 9.90 Å². The van der Waals surface area contributed by atoms with E-state index >= 15 is 0 Å². The molecule has 0 aromatic heterocycles. The molecule has 0 radical (unpaired) electrons. The molecule has 104 valence electrons. The van der Waals surface area contributed by atoms with E-state index in [2.05, 4.69) is 15.6 Å². The molecule has 1 atom stereocenters. The van der Waals surface area contributed by atoms with Gasteiger partial charge in [0.15, 0.2) is 5.96 Å².